The van der Waals surface area contributed by atoms with Gasteiger partial charge in [-0.1, -0.05) is 24.3 Å². The predicted octanol–water partition coefficient (Wildman–Crippen LogP) is 2.71. The molecule has 2 aromatic rings. The standard InChI is InChI=1S/C22H32N4O2/c1-17-23-24-22(28-17)16-25(10-11-27-2)14-18-6-5-9-26(15-18)21-12-19-7-3-4-8-20(19)13-21/h3-4,7-8,18,21H,5-6,9-16H2,1-2H3. The first kappa shape index (κ1) is 19.6. The van der Waals surface area contributed by atoms with Gasteiger partial charge in [0.1, 0.15) is 0 Å². The molecule has 0 bridgehead atoms. The molecule has 152 valence electrons. The lowest BCUT2D eigenvalue weighted by atomic mass is 9.95. The number of hydrogen-bond acceptors (Lipinski definition) is 6. The molecule has 1 aliphatic heterocycles. The highest BCUT2D eigenvalue weighted by Crippen LogP contribution is 2.29. The Labute approximate surface area is 167 Å². The molecule has 1 unspecified atom stereocenters. The van der Waals surface area contributed by atoms with Crippen LogP contribution in [0.2, 0.25) is 0 Å². The zero-order valence-corrected chi connectivity index (χ0v) is 17.1. The lowest BCUT2D eigenvalue weighted by molar-refractivity contribution is 0.0807. The van der Waals surface area contributed by atoms with Gasteiger partial charge in [-0.3, -0.25) is 9.80 Å². The minimum Gasteiger partial charge on any atom is -0.424 e. The molecule has 6 heteroatoms. The Kier molecular flexibility index (Phi) is 6.40. The number of fused-ring (bicyclic) bond motifs is 1. The molecule has 0 saturated carbocycles. The highest BCUT2D eigenvalue weighted by molar-refractivity contribution is 5.33. The molecule has 1 aromatic heterocycles. The summed E-state index contributed by atoms with van der Waals surface area (Å²) in [5, 5.41) is 8.15. The first-order valence-corrected chi connectivity index (χ1v) is 10.5. The molecule has 0 amide bonds. The van der Waals surface area contributed by atoms with Crippen LogP contribution in [0.5, 0.6) is 0 Å². The van der Waals surface area contributed by atoms with Gasteiger partial charge in [0.25, 0.3) is 0 Å². The SMILES string of the molecule is COCCN(Cc1nnc(C)o1)CC1CCCN(C2Cc3ccccc3C2)C1. The number of piperidine rings is 1. The normalized spacial score (nSPS) is 20.8. The number of aromatic nitrogens is 2. The van der Waals surface area contributed by atoms with E-state index in [1.807, 2.05) is 6.92 Å². The summed E-state index contributed by atoms with van der Waals surface area (Å²) < 4.78 is 10.9. The second kappa shape index (κ2) is 9.16. The molecule has 0 N–H and O–H groups in total. The van der Waals surface area contributed by atoms with Crippen LogP contribution in [0.25, 0.3) is 0 Å². The number of rotatable bonds is 8. The Bertz CT molecular complexity index is 737. The number of aryl methyl sites for hydroxylation is 1. The molecule has 1 aliphatic carbocycles. The summed E-state index contributed by atoms with van der Waals surface area (Å²) in [6.07, 6.45) is 4.99. The fourth-order valence-electron chi connectivity index (χ4n) is 4.78. The average Bonchev–Trinajstić information content (AvgIpc) is 3.32. The molecule has 1 saturated heterocycles. The summed E-state index contributed by atoms with van der Waals surface area (Å²) in [6, 6.07) is 9.62. The van der Waals surface area contributed by atoms with Crippen LogP contribution < -0.4 is 0 Å². The van der Waals surface area contributed by atoms with Crippen LogP contribution in [0, 0.1) is 12.8 Å². The van der Waals surface area contributed by atoms with Crippen molar-refractivity contribution in [3.05, 3.63) is 47.2 Å². The minimum absolute atomic E-state index is 0.631. The van der Waals surface area contributed by atoms with Crippen molar-refractivity contribution < 1.29 is 9.15 Å². The van der Waals surface area contributed by atoms with Gasteiger partial charge in [-0.2, -0.15) is 0 Å². The van der Waals surface area contributed by atoms with Crippen LogP contribution in [-0.4, -0.2) is 65.9 Å². The van der Waals surface area contributed by atoms with Gasteiger partial charge in [0.2, 0.25) is 11.8 Å². The van der Waals surface area contributed by atoms with E-state index in [4.69, 9.17) is 9.15 Å². The number of benzene rings is 1. The fourth-order valence-corrected chi connectivity index (χ4v) is 4.78. The van der Waals surface area contributed by atoms with Crippen molar-refractivity contribution in [3.63, 3.8) is 0 Å². The molecule has 2 aliphatic rings. The van der Waals surface area contributed by atoms with E-state index >= 15 is 0 Å². The largest absolute Gasteiger partial charge is 0.424 e. The van der Waals surface area contributed by atoms with Crippen LogP contribution >= 0.6 is 0 Å². The highest BCUT2D eigenvalue weighted by Gasteiger charge is 2.31. The summed E-state index contributed by atoms with van der Waals surface area (Å²) in [5.41, 5.74) is 3.09. The van der Waals surface area contributed by atoms with Crippen LogP contribution in [0.4, 0.5) is 0 Å². The van der Waals surface area contributed by atoms with E-state index in [1.165, 1.54) is 38.8 Å². The Balaban J connectivity index is 1.34. The van der Waals surface area contributed by atoms with Crippen molar-refractivity contribution in [1.82, 2.24) is 20.0 Å². The zero-order chi connectivity index (χ0) is 19.3. The number of ether oxygens (including phenoxy) is 1. The third-order valence-corrected chi connectivity index (χ3v) is 6.15. The molecular weight excluding hydrogens is 352 g/mol. The Hall–Kier alpha value is -1.76. The van der Waals surface area contributed by atoms with Crippen LogP contribution in [0.1, 0.15) is 35.7 Å². The maximum absolute atomic E-state index is 5.61. The van der Waals surface area contributed by atoms with Crippen molar-refractivity contribution >= 4 is 0 Å². The van der Waals surface area contributed by atoms with E-state index in [2.05, 4.69) is 44.3 Å². The van der Waals surface area contributed by atoms with E-state index in [9.17, 15) is 0 Å². The van der Waals surface area contributed by atoms with E-state index in [1.54, 1.807) is 18.2 Å². The summed E-state index contributed by atoms with van der Waals surface area (Å²) in [5.74, 6) is 2.01. The molecule has 1 atom stereocenters. The van der Waals surface area contributed by atoms with Crippen molar-refractivity contribution in [1.29, 1.82) is 0 Å². The third-order valence-electron chi connectivity index (χ3n) is 6.15. The number of hydrogen-bond donors (Lipinski definition) is 0. The molecule has 0 spiro atoms. The Morgan fingerprint density at radius 3 is 2.68 bits per heavy atom. The second-order valence-electron chi connectivity index (χ2n) is 8.28. The first-order chi connectivity index (χ1) is 13.7. The van der Waals surface area contributed by atoms with E-state index < -0.39 is 0 Å². The third kappa shape index (κ3) is 4.80. The molecule has 0 radical (unpaired) electrons. The highest BCUT2D eigenvalue weighted by atomic mass is 16.5. The quantitative estimate of drug-likeness (QED) is 0.698. The van der Waals surface area contributed by atoms with Gasteiger partial charge in [0, 0.05) is 39.7 Å². The summed E-state index contributed by atoms with van der Waals surface area (Å²) in [7, 11) is 1.76. The van der Waals surface area contributed by atoms with Gasteiger partial charge in [0.15, 0.2) is 0 Å². The van der Waals surface area contributed by atoms with Crippen molar-refractivity contribution in [2.24, 2.45) is 5.92 Å². The number of nitrogens with zero attached hydrogens (tertiary/aromatic N) is 4. The molecule has 1 fully saturated rings. The first-order valence-electron chi connectivity index (χ1n) is 10.5. The molecule has 4 rings (SSSR count). The van der Waals surface area contributed by atoms with Gasteiger partial charge < -0.3 is 9.15 Å². The van der Waals surface area contributed by atoms with Gasteiger partial charge in [-0.15, -0.1) is 10.2 Å². The minimum atomic E-state index is 0.631. The summed E-state index contributed by atoms with van der Waals surface area (Å²) in [4.78, 5) is 5.15. The molecular formula is C22H32N4O2. The Morgan fingerprint density at radius 2 is 2.00 bits per heavy atom. The van der Waals surface area contributed by atoms with Gasteiger partial charge in [-0.25, -0.2) is 0 Å². The van der Waals surface area contributed by atoms with Crippen LogP contribution in [0.3, 0.4) is 0 Å². The Morgan fingerprint density at radius 1 is 1.21 bits per heavy atom. The number of likely N-dealkylation sites (tertiary alicyclic amines) is 1. The fraction of sp³-hybridized carbons (Fsp3) is 0.636. The van der Waals surface area contributed by atoms with Crippen molar-refractivity contribution in [3.8, 4) is 0 Å². The van der Waals surface area contributed by atoms with Gasteiger partial charge >= 0.3 is 0 Å². The summed E-state index contributed by atoms with van der Waals surface area (Å²) >= 11 is 0. The topological polar surface area (TPSA) is 54.6 Å². The average molecular weight is 385 g/mol. The van der Waals surface area contributed by atoms with Crippen LogP contribution in [0.15, 0.2) is 28.7 Å². The maximum atomic E-state index is 5.61. The smallest absolute Gasteiger partial charge is 0.230 e. The predicted molar refractivity (Wildman–Crippen MR) is 108 cm³/mol. The molecule has 28 heavy (non-hydrogen) atoms. The van der Waals surface area contributed by atoms with Crippen LogP contribution in [-0.2, 0) is 24.1 Å². The maximum Gasteiger partial charge on any atom is 0.230 e. The van der Waals surface area contributed by atoms with E-state index in [-0.39, 0.29) is 0 Å². The van der Waals surface area contributed by atoms with E-state index in [0.29, 0.717) is 30.3 Å². The lowest BCUT2D eigenvalue weighted by Crippen LogP contribution is -2.46. The zero-order valence-electron chi connectivity index (χ0n) is 17.1. The van der Waals surface area contributed by atoms with Crippen molar-refractivity contribution in [2.75, 3.05) is 39.9 Å². The van der Waals surface area contributed by atoms with Gasteiger partial charge in [0.05, 0.1) is 13.2 Å². The van der Waals surface area contributed by atoms with Gasteiger partial charge in [-0.05, 0) is 49.3 Å². The molecule has 2 heterocycles. The van der Waals surface area contributed by atoms with E-state index in [0.717, 1.165) is 19.7 Å². The monoisotopic (exact) mass is 384 g/mol. The molecule has 1 aromatic carbocycles. The lowest BCUT2D eigenvalue weighted by Gasteiger charge is -2.38. The number of methoxy groups -OCH3 is 1. The van der Waals surface area contributed by atoms with Crippen molar-refractivity contribution in [2.45, 2.75) is 45.2 Å². The molecule has 6 nitrogen and oxygen atoms in total. The second-order valence-corrected chi connectivity index (χ2v) is 8.28. The summed E-state index contributed by atoms with van der Waals surface area (Å²) in [6.45, 7) is 7.64.